The zero-order valence-electron chi connectivity index (χ0n) is 18.5. The number of anilines is 1. The van der Waals surface area contributed by atoms with Crippen LogP contribution >= 0.6 is 24.0 Å². The number of nitrogens with zero attached hydrogens (tertiary/aromatic N) is 2. The van der Waals surface area contributed by atoms with Crippen molar-refractivity contribution in [1.82, 2.24) is 10.6 Å². The van der Waals surface area contributed by atoms with Crippen molar-refractivity contribution in [2.24, 2.45) is 10.9 Å². The summed E-state index contributed by atoms with van der Waals surface area (Å²) in [7, 11) is 4.10. The number of aliphatic imine (C=N–C) groups is 1. The first-order chi connectivity index (χ1) is 13.4. The molecule has 0 bridgehead atoms. The number of guanidine groups is 1. The number of hydrogen-bond donors (Lipinski definition) is 2. The molecular weight excluding hydrogens is 479 g/mol. The fraction of sp³-hybridized carbons (Fsp3) is 0.636. The number of benzene rings is 1. The maximum atomic E-state index is 11.9. The average molecular weight is 516 g/mol. The Morgan fingerprint density at radius 3 is 2.45 bits per heavy atom. The fourth-order valence-electron chi connectivity index (χ4n) is 3.55. The average Bonchev–Trinajstić information content (AvgIpc) is 2.67. The molecule has 0 radical (unpaired) electrons. The Morgan fingerprint density at radius 1 is 1.21 bits per heavy atom. The fourth-order valence-corrected chi connectivity index (χ4v) is 3.55. The molecule has 0 amide bonds. The molecule has 29 heavy (non-hydrogen) atoms. The summed E-state index contributed by atoms with van der Waals surface area (Å²) in [5.74, 6) is 0.853. The minimum absolute atomic E-state index is 0. The van der Waals surface area contributed by atoms with E-state index < -0.39 is 0 Å². The molecule has 164 valence electrons. The van der Waals surface area contributed by atoms with Crippen LogP contribution in [0.15, 0.2) is 23.2 Å². The summed E-state index contributed by atoms with van der Waals surface area (Å²) >= 11 is 0. The summed E-state index contributed by atoms with van der Waals surface area (Å²) in [6.45, 7) is 8.00. The molecule has 7 heteroatoms. The van der Waals surface area contributed by atoms with Gasteiger partial charge in [0.15, 0.2) is 5.96 Å². The van der Waals surface area contributed by atoms with Crippen molar-refractivity contribution in [3.8, 4) is 0 Å². The highest BCUT2D eigenvalue weighted by Crippen LogP contribution is 2.25. The summed E-state index contributed by atoms with van der Waals surface area (Å²) in [4.78, 5) is 18.8. The number of hydrogen-bond acceptors (Lipinski definition) is 4. The standard InChI is InChI=1S/C22H36N4O2.HI/c1-6-23-22(24-15-18-10-13-20(26(4)5)14-16(18)3)25-19-11-8-17(9-12-19)21(27)28-7-2;/h10,13-14,17,19H,6-9,11-12,15H2,1-5H3,(H2,23,24,25);1H. The topological polar surface area (TPSA) is 66.0 Å². The number of carbonyl (C=O) groups is 1. The molecular formula is C22H37IN4O2. The number of aryl methyl sites for hydroxylation is 1. The maximum Gasteiger partial charge on any atom is 0.308 e. The summed E-state index contributed by atoms with van der Waals surface area (Å²) in [5, 5.41) is 6.89. The van der Waals surface area contributed by atoms with Gasteiger partial charge in [-0.05, 0) is 69.7 Å². The highest BCUT2D eigenvalue weighted by molar-refractivity contribution is 14.0. The molecule has 1 aromatic rings. The third-order valence-corrected chi connectivity index (χ3v) is 5.28. The molecule has 1 aromatic carbocycles. The Labute approximate surface area is 192 Å². The van der Waals surface area contributed by atoms with Crippen LogP contribution in [0, 0.1) is 12.8 Å². The number of carbonyl (C=O) groups excluding carboxylic acids is 1. The molecule has 1 saturated carbocycles. The lowest BCUT2D eigenvalue weighted by Crippen LogP contribution is -2.45. The molecule has 2 N–H and O–H groups in total. The van der Waals surface area contributed by atoms with Gasteiger partial charge in [-0.1, -0.05) is 6.07 Å². The van der Waals surface area contributed by atoms with Gasteiger partial charge in [0, 0.05) is 32.4 Å². The third kappa shape index (κ3) is 8.03. The monoisotopic (exact) mass is 516 g/mol. The van der Waals surface area contributed by atoms with Crippen LogP contribution in [0.3, 0.4) is 0 Å². The number of esters is 1. The van der Waals surface area contributed by atoms with Crippen LogP contribution in [0.2, 0.25) is 0 Å². The van der Waals surface area contributed by atoms with Gasteiger partial charge in [0.25, 0.3) is 0 Å². The predicted octanol–water partition coefficient (Wildman–Crippen LogP) is 3.86. The summed E-state index contributed by atoms with van der Waals surface area (Å²) in [6.07, 6.45) is 3.68. The molecule has 1 aliphatic carbocycles. The summed E-state index contributed by atoms with van der Waals surface area (Å²) in [5.41, 5.74) is 3.68. The lowest BCUT2D eigenvalue weighted by Gasteiger charge is -2.29. The van der Waals surface area contributed by atoms with Gasteiger partial charge in [0.2, 0.25) is 0 Å². The van der Waals surface area contributed by atoms with Gasteiger partial charge in [-0.25, -0.2) is 4.99 Å². The minimum atomic E-state index is -0.0434. The van der Waals surface area contributed by atoms with E-state index in [0.717, 1.165) is 38.2 Å². The van der Waals surface area contributed by atoms with E-state index in [1.165, 1.54) is 16.8 Å². The van der Waals surface area contributed by atoms with Crippen molar-refractivity contribution in [3.05, 3.63) is 29.3 Å². The van der Waals surface area contributed by atoms with Gasteiger partial charge in [-0.15, -0.1) is 24.0 Å². The Bertz CT molecular complexity index is 671. The molecule has 1 fully saturated rings. The van der Waals surface area contributed by atoms with E-state index in [1.54, 1.807) is 0 Å². The molecule has 0 aromatic heterocycles. The third-order valence-electron chi connectivity index (χ3n) is 5.28. The Balaban J connectivity index is 0.00000420. The first kappa shape index (κ1) is 25.5. The molecule has 1 aliphatic rings. The predicted molar refractivity (Wildman–Crippen MR) is 131 cm³/mol. The normalized spacial score (nSPS) is 19.1. The largest absolute Gasteiger partial charge is 0.466 e. The second-order valence-corrected chi connectivity index (χ2v) is 7.65. The molecule has 0 aliphatic heterocycles. The number of ether oxygens (including phenoxy) is 1. The molecule has 0 atom stereocenters. The summed E-state index contributed by atoms with van der Waals surface area (Å²) < 4.78 is 5.16. The number of nitrogens with one attached hydrogen (secondary N) is 2. The van der Waals surface area contributed by atoms with Crippen LogP contribution in [-0.2, 0) is 16.1 Å². The zero-order valence-corrected chi connectivity index (χ0v) is 20.8. The Morgan fingerprint density at radius 2 is 1.90 bits per heavy atom. The SMILES string of the molecule is CCNC(=NCc1ccc(N(C)C)cc1C)NC1CCC(C(=O)OCC)CC1.I. The van der Waals surface area contributed by atoms with Crippen LogP contribution in [-0.4, -0.2) is 45.2 Å². The van der Waals surface area contributed by atoms with E-state index in [4.69, 9.17) is 9.73 Å². The molecule has 0 heterocycles. The van der Waals surface area contributed by atoms with Crippen molar-refractivity contribution in [1.29, 1.82) is 0 Å². The quantitative estimate of drug-likeness (QED) is 0.250. The van der Waals surface area contributed by atoms with Gasteiger partial charge in [-0.3, -0.25) is 4.79 Å². The summed E-state index contributed by atoms with van der Waals surface area (Å²) in [6, 6.07) is 6.83. The van der Waals surface area contributed by atoms with Gasteiger partial charge in [0.1, 0.15) is 0 Å². The number of halogens is 1. The van der Waals surface area contributed by atoms with Gasteiger partial charge >= 0.3 is 5.97 Å². The van der Waals surface area contributed by atoms with Crippen molar-refractivity contribution in [2.45, 2.75) is 59.0 Å². The van der Waals surface area contributed by atoms with E-state index in [1.807, 2.05) is 6.92 Å². The van der Waals surface area contributed by atoms with Crippen molar-refractivity contribution >= 4 is 41.6 Å². The van der Waals surface area contributed by atoms with Crippen molar-refractivity contribution in [3.63, 3.8) is 0 Å². The second-order valence-electron chi connectivity index (χ2n) is 7.65. The molecule has 0 spiro atoms. The van der Waals surface area contributed by atoms with E-state index >= 15 is 0 Å². The Hall–Kier alpha value is -1.51. The second kappa shape index (κ2) is 12.9. The van der Waals surface area contributed by atoms with Crippen molar-refractivity contribution in [2.75, 3.05) is 32.1 Å². The maximum absolute atomic E-state index is 11.9. The van der Waals surface area contributed by atoms with Crippen LogP contribution in [0.4, 0.5) is 5.69 Å². The smallest absolute Gasteiger partial charge is 0.308 e. The molecule has 0 unspecified atom stereocenters. The minimum Gasteiger partial charge on any atom is -0.466 e. The van der Waals surface area contributed by atoms with Crippen LogP contribution in [0.5, 0.6) is 0 Å². The first-order valence-corrected chi connectivity index (χ1v) is 10.4. The van der Waals surface area contributed by atoms with Crippen LogP contribution in [0.1, 0.15) is 50.7 Å². The van der Waals surface area contributed by atoms with Crippen LogP contribution < -0.4 is 15.5 Å². The van der Waals surface area contributed by atoms with E-state index in [9.17, 15) is 4.79 Å². The van der Waals surface area contributed by atoms with Gasteiger partial charge in [-0.2, -0.15) is 0 Å². The molecule has 6 nitrogen and oxygen atoms in total. The van der Waals surface area contributed by atoms with Gasteiger partial charge in [0.05, 0.1) is 19.1 Å². The van der Waals surface area contributed by atoms with E-state index in [-0.39, 0.29) is 35.9 Å². The highest BCUT2D eigenvalue weighted by Gasteiger charge is 2.27. The molecule has 0 saturated heterocycles. The lowest BCUT2D eigenvalue weighted by molar-refractivity contribution is -0.149. The lowest BCUT2D eigenvalue weighted by atomic mass is 9.86. The Kier molecular flexibility index (Phi) is 11.4. The van der Waals surface area contributed by atoms with E-state index in [2.05, 4.69) is 61.7 Å². The van der Waals surface area contributed by atoms with Crippen molar-refractivity contribution < 1.29 is 9.53 Å². The zero-order chi connectivity index (χ0) is 20.5. The highest BCUT2D eigenvalue weighted by atomic mass is 127. The number of rotatable bonds is 7. The van der Waals surface area contributed by atoms with Gasteiger partial charge < -0.3 is 20.3 Å². The van der Waals surface area contributed by atoms with E-state index in [0.29, 0.717) is 19.2 Å². The van der Waals surface area contributed by atoms with Crippen LogP contribution in [0.25, 0.3) is 0 Å². The molecule has 2 rings (SSSR count). The first-order valence-electron chi connectivity index (χ1n) is 10.4.